The molecule has 2 N–H and O–H groups in total. The van der Waals surface area contributed by atoms with E-state index in [1.807, 2.05) is 56.3 Å². The molecule has 3 aromatic rings. The number of amides is 2. The second kappa shape index (κ2) is 9.04. The smallest absolute Gasteiger partial charge is 0.262 e. The largest absolute Gasteiger partial charge is 0.484 e. The van der Waals surface area contributed by atoms with Crippen LogP contribution in [0.3, 0.4) is 0 Å². The van der Waals surface area contributed by atoms with Gasteiger partial charge in [-0.15, -0.1) is 0 Å². The molecule has 28 heavy (non-hydrogen) atoms. The Hall–Kier alpha value is -3.34. The molecule has 0 unspecified atom stereocenters. The van der Waals surface area contributed by atoms with Gasteiger partial charge in [-0.3, -0.25) is 9.59 Å². The molecule has 2 amide bonds. The number of benzene rings is 3. The van der Waals surface area contributed by atoms with Gasteiger partial charge in [0, 0.05) is 17.8 Å². The van der Waals surface area contributed by atoms with E-state index in [9.17, 15) is 9.59 Å². The first-order chi connectivity index (χ1) is 13.5. The highest BCUT2D eigenvalue weighted by Crippen LogP contribution is 2.20. The molecule has 5 nitrogen and oxygen atoms in total. The molecule has 3 aromatic carbocycles. The Morgan fingerprint density at radius 1 is 0.821 bits per heavy atom. The van der Waals surface area contributed by atoms with Crippen molar-refractivity contribution in [2.24, 2.45) is 5.92 Å². The summed E-state index contributed by atoms with van der Waals surface area (Å²) in [6, 6.07) is 20.7. The maximum absolute atomic E-state index is 12.1. The van der Waals surface area contributed by atoms with Crippen molar-refractivity contribution >= 4 is 34.0 Å². The van der Waals surface area contributed by atoms with Crippen LogP contribution in [0.5, 0.6) is 5.75 Å². The molecule has 144 valence electrons. The Kier molecular flexibility index (Phi) is 6.27. The molecule has 0 aliphatic carbocycles. The summed E-state index contributed by atoms with van der Waals surface area (Å²) in [5.74, 6) is 0.693. The van der Waals surface area contributed by atoms with E-state index in [2.05, 4.69) is 10.6 Å². The first kappa shape index (κ1) is 19.4. The molecule has 0 fully saturated rings. The van der Waals surface area contributed by atoms with Crippen LogP contribution in [0.2, 0.25) is 0 Å². The van der Waals surface area contributed by atoms with Gasteiger partial charge < -0.3 is 15.4 Å². The lowest BCUT2D eigenvalue weighted by atomic mass is 10.1. The van der Waals surface area contributed by atoms with Crippen LogP contribution in [-0.4, -0.2) is 18.4 Å². The predicted molar refractivity (Wildman–Crippen MR) is 113 cm³/mol. The minimum atomic E-state index is -0.246. The van der Waals surface area contributed by atoms with Gasteiger partial charge in [0.2, 0.25) is 5.91 Å². The Morgan fingerprint density at radius 3 is 2.07 bits per heavy atom. The number of rotatable bonds is 7. The first-order valence-corrected chi connectivity index (χ1v) is 9.31. The van der Waals surface area contributed by atoms with E-state index in [1.165, 1.54) is 0 Å². The molecule has 0 aliphatic heterocycles. The summed E-state index contributed by atoms with van der Waals surface area (Å²) < 4.78 is 5.59. The topological polar surface area (TPSA) is 67.4 Å². The van der Waals surface area contributed by atoms with Crippen molar-refractivity contribution in [1.82, 2.24) is 0 Å². The van der Waals surface area contributed by atoms with E-state index in [4.69, 9.17) is 4.74 Å². The fraction of sp³-hybridized carbons (Fsp3) is 0.217. The van der Waals surface area contributed by atoms with Crippen molar-refractivity contribution in [3.05, 3.63) is 66.7 Å². The van der Waals surface area contributed by atoms with Gasteiger partial charge in [0.25, 0.3) is 5.91 Å². The summed E-state index contributed by atoms with van der Waals surface area (Å²) in [5.41, 5.74) is 1.35. The molecule has 0 radical (unpaired) electrons. The van der Waals surface area contributed by atoms with Gasteiger partial charge in [-0.25, -0.2) is 0 Å². The van der Waals surface area contributed by atoms with Crippen LogP contribution in [0.15, 0.2) is 66.7 Å². The van der Waals surface area contributed by atoms with E-state index in [0.717, 1.165) is 10.8 Å². The van der Waals surface area contributed by atoms with Gasteiger partial charge in [-0.05, 0) is 53.1 Å². The van der Waals surface area contributed by atoms with Crippen LogP contribution in [0, 0.1) is 5.92 Å². The maximum Gasteiger partial charge on any atom is 0.262 e. The van der Waals surface area contributed by atoms with E-state index >= 15 is 0 Å². The van der Waals surface area contributed by atoms with Crippen molar-refractivity contribution in [2.45, 2.75) is 20.3 Å². The van der Waals surface area contributed by atoms with Gasteiger partial charge >= 0.3 is 0 Å². The minimum absolute atomic E-state index is 0.0180. The van der Waals surface area contributed by atoms with Crippen LogP contribution in [0.1, 0.15) is 20.3 Å². The average molecular weight is 376 g/mol. The molecule has 0 aliphatic rings. The maximum atomic E-state index is 12.1. The predicted octanol–water partition coefficient (Wildman–Crippen LogP) is 4.84. The van der Waals surface area contributed by atoms with Crippen molar-refractivity contribution in [2.75, 3.05) is 17.2 Å². The summed E-state index contributed by atoms with van der Waals surface area (Å²) in [6.07, 6.45) is 0.477. The van der Waals surface area contributed by atoms with Crippen molar-refractivity contribution in [1.29, 1.82) is 0 Å². The number of anilines is 2. The van der Waals surface area contributed by atoms with Crippen LogP contribution >= 0.6 is 0 Å². The zero-order valence-corrected chi connectivity index (χ0v) is 16.1. The highest BCUT2D eigenvalue weighted by molar-refractivity contribution is 5.93. The zero-order chi connectivity index (χ0) is 19.9. The van der Waals surface area contributed by atoms with Crippen molar-refractivity contribution in [3.63, 3.8) is 0 Å². The van der Waals surface area contributed by atoms with Gasteiger partial charge in [-0.1, -0.05) is 44.2 Å². The Balaban J connectivity index is 1.50. The molecule has 3 rings (SSSR count). The second-order valence-electron chi connectivity index (χ2n) is 7.07. The number of hydrogen-bond donors (Lipinski definition) is 2. The molecule has 0 saturated heterocycles. The molecule has 0 heterocycles. The molecule has 0 atom stereocenters. The molecular formula is C23H24N2O3. The number of ether oxygens (including phenoxy) is 1. The van der Waals surface area contributed by atoms with Crippen molar-refractivity contribution in [3.8, 4) is 5.75 Å². The lowest BCUT2D eigenvalue weighted by Gasteiger charge is -2.10. The van der Waals surface area contributed by atoms with Gasteiger partial charge in [-0.2, -0.15) is 0 Å². The molecular weight excluding hydrogens is 352 g/mol. The molecule has 5 heteroatoms. The lowest BCUT2D eigenvalue weighted by molar-refractivity contribution is -0.118. The van der Waals surface area contributed by atoms with E-state index in [1.54, 1.807) is 24.3 Å². The molecule has 0 bridgehead atoms. The van der Waals surface area contributed by atoms with Crippen LogP contribution in [0.4, 0.5) is 11.4 Å². The SMILES string of the molecule is CC(C)CC(=O)Nc1ccc(NC(=O)COc2ccc3ccccc3c2)cc1. The number of carbonyl (C=O) groups excluding carboxylic acids is 2. The van der Waals surface area contributed by atoms with Crippen LogP contribution in [-0.2, 0) is 9.59 Å². The van der Waals surface area contributed by atoms with Crippen LogP contribution < -0.4 is 15.4 Å². The summed E-state index contributed by atoms with van der Waals surface area (Å²) in [7, 11) is 0. The lowest BCUT2D eigenvalue weighted by Crippen LogP contribution is -2.20. The highest BCUT2D eigenvalue weighted by atomic mass is 16.5. The number of hydrogen-bond acceptors (Lipinski definition) is 3. The number of fused-ring (bicyclic) bond motifs is 1. The van der Waals surface area contributed by atoms with Crippen molar-refractivity contribution < 1.29 is 14.3 Å². The molecule has 0 saturated carbocycles. The van der Waals surface area contributed by atoms with Gasteiger partial charge in [0.1, 0.15) is 5.75 Å². The summed E-state index contributed by atoms with van der Waals surface area (Å²) in [5, 5.41) is 7.81. The third kappa shape index (κ3) is 5.58. The standard InChI is InChI=1S/C23H24N2O3/c1-16(2)13-22(26)24-19-8-10-20(11-9-19)25-23(27)15-28-21-12-7-17-5-3-4-6-18(17)14-21/h3-12,14,16H,13,15H2,1-2H3,(H,24,26)(H,25,27). The summed E-state index contributed by atoms with van der Waals surface area (Å²) in [4.78, 5) is 23.9. The first-order valence-electron chi connectivity index (χ1n) is 9.31. The number of carbonyl (C=O) groups is 2. The van der Waals surface area contributed by atoms with E-state index in [-0.39, 0.29) is 18.4 Å². The monoisotopic (exact) mass is 376 g/mol. The Morgan fingerprint density at radius 2 is 1.43 bits per heavy atom. The Labute approximate surface area is 164 Å². The number of nitrogens with one attached hydrogen (secondary N) is 2. The minimum Gasteiger partial charge on any atom is -0.484 e. The average Bonchev–Trinajstić information content (AvgIpc) is 2.67. The molecule has 0 spiro atoms. The zero-order valence-electron chi connectivity index (χ0n) is 16.1. The fourth-order valence-electron chi connectivity index (χ4n) is 2.82. The highest BCUT2D eigenvalue weighted by Gasteiger charge is 2.07. The quantitative estimate of drug-likeness (QED) is 0.620. The fourth-order valence-corrected chi connectivity index (χ4v) is 2.82. The third-order valence-corrected chi connectivity index (χ3v) is 4.14. The molecule has 0 aromatic heterocycles. The summed E-state index contributed by atoms with van der Waals surface area (Å²) >= 11 is 0. The normalized spacial score (nSPS) is 10.7. The summed E-state index contributed by atoms with van der Waals surface area (Å²) in [6.45, 7) is 3.92. The Bertz CT molecular complexity index is 965. The van der Waals surface area contributed by atoms with Gasteiger partial charge in [0.15, 0.2) is 6.61 Å². The van der Waals surface area contributed by atoms with E-state index < -0.39 is 0 Å². The second-order valence-corrected chi connectivity index (χ2v) is 7.07. The van der Waals surface area contributed by atoms with Crippen LogP contribution in [0.25, 0.3) is 10.8 Å². The van der Waals surface area contributed by atoms with E-state index in [0.29, 0.717) is 29.5 Å². The third-order valence-electron chi connectivity index (χ3n) is 4.14. The van der Waals surface area contributed by atoms with Gasteiger partial charge in [0.05, 0.1) is 0 Å².